The lowest BCUT2D eigenvalue weighted by atomic mass is 10.1. The van der Waals surface area contributed by atoms with E-state index in [1.807, 2.05) is 0 Å². The lowest BCUT2D eigenvalue weighted by Crippen LogP contribution is -2.31. The minimum atomic E-state index is -1.83. The zero-order valence-electron chi connectivity index (χ0n) is 5.91. The summed E-state index contributed by atoms with van der Waals surface area (Å²) in [7, 11) is 0. The SMILES string of the molecule is O=C([O-])C(=O)c1cccc(F)c1. The standard InChI is InChI=1S/C8H5FO3/c9-6-3-1-2-5(4-6)7(10)8(11)12/h1-4H,(H,11,12)/p-1. The first-order valence-electron chi connectivity index (χ1n) is 3.12. The summed E-state index contributed by atoms with van der Waals surface area (Å²) in [5.41, 5.74) is -0.213. The fourth-order valence-electron chi connectivity index (χ4n) is 0.748. The molecule has 3 nitrogen and oxygen atoms in total. The quantitative estimate of drug-likeness (QED) is 0.451. The van der Waals surface area contributed by atoms with Gasteiger partial charge in [-0.3, -0.25) is 4.79 Å². The van der Waals surface area contributed by atoms with Crippen molar-refractivity contribution in [2.24, 2.45) is 0 Å². The average molecular weight is 167 g/mol. The Morgan fingerprint density at radius 2 is 2.00 bits per heavy atom. The molecule has 1 aromatic rings. The third kappa shape index (κ3) is 1.66. The van der Waals surface area contributed by atoms with E-state index < -0.39 is 17.6 Å². The number of carbonyl (C=O) groups is 2. The highest BCUT2D eigenvalue weighted by Gasteiger charge is 2.06. The van der Waals surface area contributed by atoms with E-state index in [4.69, 9.17) is 0 Å². The van der Waals surface area contributed by atoms with Crippen LogP contribution >= 0.6 is 0 Å². The van der Waals surface area contributed by atoms with Crippen LogP contribution in [-0.4, -0.2) is 11.8 Å². The number of Topliss-reactive ketones (excluding diaryl/α,β-unsaturated/α-hetero) is 1. The van der Waals surface area contributed by atoms with Crippen LogP contribution in [0.4, 0.5) is 4.39 Å². The number of hydrogen-bond donors (Lipinski definition) is 0. The minimum absolute atomic E-state index is 0.213. The second kappa shape index (κ2) is 3.13. The minimum Gasteiger partial charge on any atom is -0.541 e. The highest BCUT2D eigenvalue weighted by atomic mass is 19.1. The lowest BCUT2D eigenvalue weighted by molar-refractivity contribution is -0.296. The summed E-state index contributed by atoms with van der Waals surface area (Å²) in [4.78, 5) is 20.7. The first-order chi connectivity index (χ1) is 5.61. The Hall–Kier alpha value is -1.71. The van der Waals surface area contributed by atoms with Crippen molar-refractivity contribution in [3.05, 3.63) is 35.6 Å². The van der Waals surface area contributed by atoms with E-state index in [0.29, 0.717) is 0 Å². The molecular formula is C8H4FO3-. The first-order valence-corrected chi connectivity index (χ1v) is 3.12. The van der Waals surface area contributed by atoms with Crippen molar-refractivity contribution in [3.8, 4) is 0 Å². The van der Waals surface area contributed by atoms with Gasteiger partial charge in [0.1, 0.15) is 11.8 Å². The zero-order chi connectivity index (χ0) is 9.14. The maximum absolute atomic E-state index is 12.4. The summed E-state index contributed by atoms with van der Waals surface area (Å²) in [5.74, 6) is -3.70. The molecule has 62 valence electrons. The average Bonchev–Trinajstić information content (AvgIpc) is 2.03. The maximum atomic E-state index is 12.4. The van der Waals surface area contributed by atoms with Crippen molar-refractivity contribution in [1.82, 2.24) is 0 Å². The van der Waals surface area contributed by atoms with Crippen LogP contribution in [0.2, 0.25) is 0 Å². The molecule has 0 N–H and O–H groups in total. The normalized spacial score (nSPS) is 9.42. The second-order valence-electron chi connectivity index (χ2n) is 2.13. The van der Waals surface area contributed by atoms with E-state index in [0.717, 1.165) is 12.1 Å². The zero-order valence-corrected chi connectivity index (χ0v) is 5.91. The highest BCUT2D eigenvalue weighted by molar-refractivity contribution is 6.38. The van der Waals surface area contributed by atoms with Crippen molar-refractivity contribution in [2.45, 2.75) is 0 Å². The molecule has 0 spiro atoms. The maximum Gasteiger partial charge on any atom is 0.208 e. The molecule has 0 amide bonds. The van der Waals surface area contributed by atoms with Crippen LogP contribution < -0.4 is 5.11 Å². The largest absolute Gasteiger partial charge is 0.541 e. The second-order valence-corrected chi connectivity index (χ2v) is 2.13. The van der Waals surface area contributed by atoms with E-state index in [1.165, 1.54) is 12.1 Å². The van der Waals surface area contributed by atoms with Gasteiger partial charge in [-0.1, -0.05) is 12.1 Å². The summed E-state index contributed by atoms with van der Waals surface area (Å²) in [6, 6.07) is 4.43. The van der Waals surface area contributed by atoms with Crippen molar-refractivity contribution < 1.29 is 19.1 Å². The predicted octanol–water partition coefficient (Wildman–Crippen LogP) is -0.242. The fourth-order valence-corrected chi connectivity index (χ4v) is 0.748. The Kier molecular flexibility index (Phi) is 2.19. The Bertz CT molecular complexity index is 333. The molecule has 0 bridgehead atoms. The molecule has 0 heterocycles. The molecule has 1 aromatic carbocycles. The van der Waals surface area contributed by atoms with Gasteiger partial charge >= 0.3 is 0 Å². The van der Waals surface area contributed by atoms with Crippen LogP contribution in [0, 0.1) is 5.82 Å². The highest BCUT2D eigenvalue weighted by Crippen LogP contribution is 2.03. The molecule has 12 heavy (non-hydrogen) atoms. The summed E-state index contributed by atoms with van der Waals surface area (Å²) < 4.78 is 12.4. The van der Waals surface area contributed by atoms with Gasteiger partial charge in [-0.05, 0) is 12.1 Å². The lowest BCUT2D eigenvalue weighted by Gasteiger charge is -1.99. The fraction of sp³-hybridized carbons (Fsp3) is 0. The van der Waals surface area contributed by atoms with Crippen molar-refractivity contribution in [3.63, 3.8) is 0 Å². The van der Waals surface area contributed by atoms with E-state index in [-0.39, 0.29) is 5.56 Å². The van der Waals surface area contributed by atoms with Crippen LogP contribution in [0.1, 0.15) is 10.4 Å². The molecule has 0 aromatic heterocycles. The predicted molar refractivity (Wildman–Crippen MR) is 35.7 cm³/mol. The Balaban J connectivity index is 3.04. The smallest absolute Gasteiger partial charge is 0.208 e. The third-order valence-electron chi connectivity index (χ3n) is 1.27. The number of carboxylic acid groups (broad SMARTS) is 1. The number of hydrogen-bond acceptors (Lipinski definition) is 3. The Morgan fingerprint density at radius 1 is 1.33 bits per heavy atom. The number of ketones is 1. The van der Waals surface area contributed by atoms with Gasteiger partial charge in [0, 0.05) is 5.56 Å². The molecule has 0 aliphatic heterocycles. The van der Waals surface area contributed by atoms with Crippen LogP contribution in [0.15, 0.2) is 24.3 Å². The van der Waals surface area contributed by atoms with Gasteiger partial charge in [-0.2, -0.15) is 0 Å². The molecule has 0 unspecified atom stereocenters. The number of halogens is 1. The Morgan fingerprint density at radius 3 is 2.50 bits per heavy atom. The van der Waals surface area contributed by atoms with E-state index in [1.54, 1.807) is 0 Å². The van der Waals surface area contributed by atoms with Crippen LogP contribution in [-0.2, 0) is 4.79 Å². The monoisotopic (exact) mass is 167 g/mol. The Labute approximate surface area is 67.4 Å². The molecule has 0 saturated carbocycles. The molecule has 0 fully saturated rings. The molecule has 4 heteroatoms. The van der Waals surface area contributed by atoms with Gasteiger partial charge in [-0.15, -0.1) is 0 Å². The van der Waals surface area contributed by atoms with E-state index in [9.17, 15) is 19.1 Å². The van der Waals surface area contributed by atoms with E-state index >= 15 is 0 Å². The third-order valence-corrected chi connectivity index (χ3v) is 1.27. The molecule has 1 rings (SSSR count). The number of carboxylic acids is 1. The molecule has 0 aliphatic carbocycles. The number of carbonyl (C=O) groups excluding carboxylic acids is 2. The van der Waals surface area contributed by atoms with Gasteiger partial charge < -0.3 is 9.90 Å². The molecule has 0 saturated heterocycles. The van der Waals surface area contributed by atoms with Crippen molar-refractivity contribution >= 4 is 11.8 Å². The van der Waals surface area contributed by atoms with Gasteiger partial charge in [0.2, 0.25) is 5.78 Å². The van der Waals surface area contributed by atoms with Gasteiger partial charge in [-0.25, -0.2) is 4.39 Å². The topological polar surface area (TPSA) is 57.2 Å². The molecular weight excluding hydrogens is 163 g/mol. The van der Waals surface area contributed by atoms with E-state index in [2.05, 4.69) is 0 Å². The summed E-state index contributed by atoms with van der Waals surface area (Å²) in [5, 5.41) is 10.0. The van der Waals surface area contributed by atoms with Crippen LogP contribution in [0.3, 0.4) is 0 Å². The summed E-state index contributed by atoms with van der Waals surface area (Å²) >= 11 is 0. The summed E-state index contributed by atoms with van der Waals surface area (Å²) in [6.45, 7) is 0. The van der Waals surface area contributed by atoms with Gasteiger partial charge in [0.25, 0.3) is 0 Å². The number of rotatable bonds is 2. The van der Waals surface area contributed by atoms with Crippen LogP contribution in [0.5, 0.6) is 0 Å². The molecule has 0 radical (unpaired) electrons. The number of benzene rings is 1. The number of aliphatic carboxylic acids is 1. The first kappa shape index (κ1) is 8.39. The van der Waals surface area contributed by atoms with Crippen molar-refractivity contribution in [1.29, 1.82) is 0 Å². The molecule has 0 aliphatic rings. The van der Waals surface area contributed by atoms with Gasteiger partial charge in [0.15, 0.2) is 0 Å². The van der Waals surface area contributed by atoms with Gasteiger partial charge in [0.05, 0.1) is 0 Å². The summed E-state index contributed by atoms with van der Waals surface area (Å²) in [6.07, 6.45) is 0. The van der Waals surface area contributed by atoms with Crippen molar-refractivity contribution in [2.75, 3.05) is 0 Å². The van der Waals surface area contributed by atoms with Crippen LogP contribution in [0.25, 0.3) is 0 Å². The molecule has 0 atom stereocenters.